The van der Waals surface area contributed by atoms with E-state index in [2.05, 4.69) is 9.97 Å². The van der Waals surface area contributed by atoms with Crippen LogP contribution in [0.25, 0.3) is 0 Å². The van der Waals surface area contributed by atoms with Crippen LogP contribution in [0.4, 0.5) is 14.9 Å². The van der Waals surface area contributed by atoms with Gasteiger partial charge < -0.3 is 19.3 Å². The van der Waals surface area contributed by atoms with Crippen molar-refractivity contribution < 1.29 is 23.5 Å². The largest absolute Gasteiger partial charge is 0.474 e. The molecule has 1 aromatic carbocycles. The molecule has 164 valence electrons. The van der Waals surface area contributed by atoms with Crippen LogP contribution in [-0.2, 0) is 4.79 Å². The van der Waals surface area contributed by atoms with Crippen LogP contribution in [0.5, 0.6) is 11.9 Å². The number of methoxy groups -OCH3 is 1. The maximum Gasteiger partial charge on any atom is 0.325 e. The summed E-state index contributed by atoms with van der Waals surface area (Å²) in [5.74, 6) is 0.00491. The second kappa shape index (κ2) is 9.15. The summed E-state index contributed by atoms with van der Waals surface area (Å²) in [6.45, 7) is 2.06. The number of benzene rings is 1. The summed E-state index contributed by atoms with van der Waals surface area (Å²) in [6.07, 6.45) is 2.87. The summed E-state index contributed by atoms with van der Waals surface area (Å²) in [4.78, 5) is 38.3. The predicted molar refractivity (Wildman–Crippen MR) is 110 cm³/mol. The van der Waals surface area contributed by atoms with Gasteiger partial charge in [-0.05, 0) is 24.3 Å². The monoisotopic (exact) mass is 429 g/mol. The van der Waals surface area contributed by atoms with Crippen LogP contribution in [0.1, 0.15) is 12.8 Å². The molecule has 0 N–H and O–H groups in total. The van der Waals surface area contributed by atoms with E-state index in [0.717, 1.165) is 0 Å². The minimum absolute atomic E-state index is 0.0329. The second-order valence-corrected chi connectivity index (χ2v) is 7.41. The van der Waals surface area contributed by atoms with Crippen molar-refractivity contribution in [3.8, 4) is 11.9 Å². The molecule has 0 bridgehead atoms. The third-order valence-corrected chi connectivity index (χ3v) is 5.43. The molecule has 0 unspecified atom stereocenters. The molecule has 1 aromatic heterocycles. The number of likely N-dealkylation sites (tertiary alicyclic amines) is 1. The zero-order chi connectivity index (χ0) is 21.8. The smallest absolute Gasteiger partial charge is 0.325 e. The quantitative estimate of drug-likeness (QED) is 0.697. The summed E-state index contributed by atoms with van der Waals surface area (Å²) < 4.78 is 24.0. The summed E-state index contributed by atoms with van der Waals surface area (Å²) in [5, 5.41) is 0. The third-order valence-electron chi connectivity index (χ3n) is 5.43. The molecule has 2 aliphatic rings. The Hall–Kier alpha value is -3.43. The molecule has 0 atom stereocenters. The Morgan fingerprint density at radius 2 is 1.87 bits per heavy atom. The van der Waals surface area contributed by atoms with Gasteiger partial charge in [0.2, 0.25) is 11.8 Å². The Morgan fingerprint density at radius 3 is 2.58 bits per heavy atom. The Bertz CT molecular complexity index is 934. The first-order valence-electron chi connectivity index (χ1n) is 10.2. The topological polar surface area (TPSA) is 88.1 Å². The molecule has 4 rings (SSSR count). The van der Waals surface area contributed by atoms with Gasteiger partial charge >= 0.3 is 12.0 Å². The lowest BCUT2D eigenvalue weighted by molar-refractivity contribution is -0.133. The maximum atomic E-state index is 13.1. The van der Waals surface area contributed by atoms with Crippen molar-refractivity contribution in [2.45, 2.75) is 18.9 Å². The van der Waals surface area contributed by atoms with E-state index in [4.69, 9.17) is 9.47 Å². The molecule has 3 amide bonds. The van der Waals surface area contributed by atoms with Crippen LogP contribution < -0.4 is 14.4 Å². The van der Waals surface area contributed by atoms with E-state index in [1.165, 1.54) is 24.1 Å². The average molecular weight is 429 g/mol. The van der Waals surface area contributed by atoms with Crippen molar-refractivity contribution in [1.29, 1.82) is 0 Å². The average Bonchev–Trinajstić information content (AvgIpc) is 3.15. The van der Waals surface area contributed by atoms with Crippen molar-refractivity contribution in [1.82, 2.24) is 19.8 Å². The molecule has 0 aliphatic carbocycles. The van der Waals surface area contributed by atoms with Gasteiger partial charge in [0.1, 0.15) is 18.5 Å². The summed E-state index contributed by atoms with van der Waals surface area (Å²) in [5.41, 5.74) is 0.626. The second-order valence-electron chi connectivity index (χ2n) is 7.41. The van der Waals surface area contributed by atoms with Crippen LogP contribution in [0.3, 0.4) is 0 Å². The van der Waals surface area contributed by atoms with Gasteiger partial charge in [0, 0.05) is 57.0 Å². The fourth-order valence-corrected chi connectivity index (χ4v) is 3.74. The summed E-state index contributed by atoms with van der Waals surface area (Å²) in [7, 11) is 1.49. The molecule has 2 fully saturated rings. The minimum atomic E-state index is -0.353. The standard InChI is InChI=1S/C21H24FN5O4/c1-30-20-23-9-6-18(24-20)31-17-7-10-25(11-8-17)19(28)14-26-12-13-27(21(26)29)16-4-2-15(22)3-5-16/h2-6,9,17H,7-8,10-14H2,1H3. The lowest BCUT2D eigenvalue weighted by atomic mass is 10.1. The zero-order valence-corrected chi connectivity index (χ0v) is 17.2. The Morgan fingerprint density at radius 1 is 1.13 bits per heavy atom. The van der Waals surface area contributed by atoms with E-state index in [-0.39, 0.29) is 36.4 Å². The molecule has 9 nitrogen and oxygen atoms in total. The fourth-order valence-electron chi connectivity index (χ4n) is 3.74. The van der Waals surface area contributed by atoms with Gasteiger partial charge in [0.25, 0.3) is 0 Å². The molecule has 0 spiro atoms. The number of carbonyl (C=O) groups excluding carboxylic acids is 2. The summed E-state index contributed by atoms with van der Waals surface area (Å²) >= 11 is 0. The van der Waals surface area contributed by atoms with E-state index in [1.807, 2.05) is 0 Å². The van der Waals surface area contributed by atoms with Crippen LogP contribution in [0, 0.1) is 5.82 Å². The zero-order valence-electron chi connectivity index (χ0n) is 17.2. The molecule has 2 aliphatic heterocycles. The van der Waals surface area contributed by atoms with Crippen molar-refractivity contribution in [3.05, 3.63) is 42.3 Å². The highest BCUT2D eigenvalue weighted by Crippen LogP contribution is 2.22. The van der Waals surface area contributed by atoms with Crippen molar-refractivity contribution in [3.63, 3.8) is 0 Å². The minimum Gasteiger partial charge on any atom is -0.474 e. The van der Waals surface area contributed by atoms with Gasteiger partial charge in [-0.2, -0.15) is 4.98 Å². The first kappa shape index (κ1) is 20.8. The third kappa shape index (κ3) is 4.84. The number of hydrogen-bond acceptors (Lipinski definition) is 6. The lowest BCUT2D eigenvalue weighted by Crippen LogP contribution is -2.47. The molecule has 2 saturated heterocycles. The van der Waals surface area contributed by atoms with Gasteiger partial charge in [-0.25, -0.2) is 14.2 Å². The van der Waals surface area contributed by atoms with Crippen LogP contribution in [0.15, 0.2) is 36.5 Å². The van der Waals surface area contributed by atoms with E-state index >= 15 is 0 Å². The number of amides is 3. The van der Waals surface area contributed by atoms with Crippen molar-refractivity contribution >= 4 is 17.6 Å². The van der Waals surface area contributed by atoms with Gasteiger partial charge in [-0.1, -0.05) is 0 Å². The van der Waals surface area contributed by atoms with Gasteiger partial charge in [0.15, 0.2) is 0 Å². The molecular weight excluding hydrogens is 405 g/mol. The number of carbonyl (C=O) groups is 2. The highest BCUT2D eigenvalue weighted by Gasteiger charge is 2.33. The number of halogens is 1. The molecule has 10 heteroatoms. The van der Waals surface area contributed by atoms with Crippen LogP contribution >= 0.6 is 0 Å². The number of piperidine rings is 1. The lowest BCUT2D eigenvalue weighted by Gasteiger charge is -2.32. The molecule has 31 heavy (non-hydrogen) atoms. The van der Waals surface area contributed by atoms with E-state index in [0.29, 0.717) is 50.6 Å². The molecule has 3 heterocycles. The maximum absolute atomic E-state index is 13.1. The predicted octanol–water partition coefficient (Wildman–Crippen LogP) is 1.94. The SMILES string of the molecule is COc1nccc(OC2CCN(C(=O)CN3CCN(c4ccc(F)cc4)C3=O)CC2)n1. The Labute approximate surface area is 179 Å². The number of rotatable bonds is 6. The number of ether oxygens (including phenoxy) is 2. The van der Waals surface area contributed by atoms with Gasteiger partial charge in [-0.3, -0.25) is 9.69 Å². The molecular formula is C21H24FN5O4. The van der Waals surface area contributed by atoms with E-state index < -0.39 is 0 Å². The number of hydrogen-bond donors (Lipinski definition) is 0. The van der Waals surface area contributed by atoms with Crippen molar-refractivity contribution in [2.75, 3.05) is 44.7 Å². The normalized spacial score (nSPS) is 17.2. The summed E-state index contributed by atoms with van der Waals surface area (Å²) in [6, 6.07) is 7.45. The Kier molecular flexibility index (Phi) is 6.15. The van der Waals surface area contributed by atoms with E-state index in [1.54, 1.807) is 34.2 Å². The van der Waals surface area contributed by atoms with Gasteiger partial charge in [0.05, 0.1) is 7.11 Å². The number of anilines is 1. The number of aromatic nitrogens is 2. The molecule has 0 radical (unpaired) electrons. The fraction of sp³-hybridized carbons (Fsp3) is 0.429. The first-order chi connectivity index (χ1) is 15.0. The molecule has 0 saturated carbocycles. The van der Waals surface area contributed by atoms with Crippen LogP contribution in [-0.4, -0.2) is 77.6 Å². The highest BCUT2D eigenvalue weighted by atomic mass is 19.1. The van der Waals surface area contributed by atoms with Crippen LogP contribution in [0.2, 0.25) is 0 Å². The number of urea groups is 1. The molecule has 2 aromatic rings. The number of nitrogens with zero attached hydrogens (tertiary/aromatic N) is 5. The van der Waals surface area contributed by atoms with E-state index in [9.17, 15) is 14.0 Å². The highest BCUT2D eigenvalue weighted by molar-refractivity contribution is 5.96. The Balaban J connectivity index is 1.26. The first-order valence-corrected chi connectivity index (χ1v) is 10.2. The van der Waals surface area contributed by atoms with Gasteiger partial charge in [-0.15, -0.1) is 0 Å². The van der Waals surface area contributed by atoms with Crippen molar-refractivity contribution in [2.24, 2.45) is 0 Å².